The first-order chi connectivity index (χ1) is 27.7. The number of nitrogens with one attached hydrogen (secondary N) is 2. The molecule has 4 aliphatic rings. The predicted octanol–water partition coefficient (Wildman–Crippen LogP) is 4.39. The molecule has 5 amide bonds. The van der Waals surface area contributed by atoms with Crippen molar-refractivity contribution in [1.29, 1.82) is 5.26 Å². The number of aromatic nitrogens is 2. The van der Waals surface area contributed by atoms with Crippen molar-refractivity contribution in [1.82, 2.24) is 30.6 Å². The zero-order valence-corrected chi connectivity index (χ0v) is 33.8. The van der Waals surface area contributed by atoms with Gasteiger partial charge in [-0.25, -0.2) is 0 Å². The standard InChI is InChI=1S/C42H47ClN8O7/c1-41(2)39(42(3,4)40(41)58-27-9-8-25(24-44)30(43)23-27)46-35(53)31-12-14-33(48-47-31)50-19-17-49(18-20-50)16-6-5-7-21-57-26-10-11-28-29(22-26)38(56)51(37(28)55)32-13-15-34(52)45-36(32)54/h8-12,14,22-23,32,39-40H,5-7,13,15-21H2,1-4H3,(H,46,53)(H,45,52,54). The number of piperazine rings is 1. The van der Waals surface area contributed by atoms with Crippen LogP contribution in [0.5, 0.6) is 11.5 Å². The number of piperidine rings is 1. The molecule has 1 unspecified atom stereocenters. The molecule has 58 heavy (non-hydrogen) atoms. The number of unbranched alkanes of at least 4 members (excludes halogenated alkanes) is 2. The Morgan fingerprint density at radius 2 is 1.64 bits per heavy atom. The van der Waals surface area contributed by atoms with E-state index in [4.69, 9.17) is 21.1 Å². The van der Waals surface area contributed by atoms with E-state index in [1.165, 1.54) is 0 Å². The summed E-state index contributed by atoms with van der Waals surface area (Å²) in [6, 6.07) is 14.2. The number of anilines is 1. The van der Waals surface area contributed by atoms with Crippen molar-refractivity contribution in [3.63, 3.8) is 0 Å². The summed E-state index contributed by atoms with van der Waals surface area (Å²) in [4.78, 5) is 68.7. The van der Waals surface area contributed by atoms with E-state index in [0.717, 1.165) is 62.7 Å². The average molecular weight is 811 g/mol. The highest BCUT2D eigenvalue weighted by Crippen LogP contribution is 2.55. The molecule has 2 aromatic carbocycles. The van der Waals surface area contributed by atoms with Crippen LogP contribution in [0.2, 0.25) is 5.02 Å². The third-order valence-corrected chi connectivity index (χ3v) is 12.1. The molecule has 15 nitrogen and oxygen atoms in total. The number of carbonyl (C=O) groups is 5. The molecule has 0 radical (unpaired) electrons. The number of fused-ring (bicyclic) bond motifs is 1. The van der Waals surface area contributed by atoms with Crippen molar-refractivity contribution in [2.75, 3.05) is 44.2 Å². The van der Waals surface area contributed by atoms with Gasteiger partial charge in [-0.15, -0.1) is 10.2 Å². The number of nitrogens with zero attached hydrogens (tertiary/aromatic N) is 6. The molecule has 7 rings (SSSR count). The number of imide groups is 2. The summed E-state index contributed by atoms with van der Waals surface area (Å²) < 4.78 is 12.2. The van der Waals surface area contributed by atoms with Crippen molar-refractivity contribution < 1.29 is 33.4 Å². The summed E-state index contributed by atoms with van der Waals surface area (Å²) in [6.07, 6.45) is 2.73. The molecule has 0 spiro atoms. The van der Waals surface area contributed by atoms with Crippen LogP contribution in [0.15, 0.2) is 48.5 Å². The van der Waals surface area contributed by atoms with E-state index in [-0.39, 0.29) is 47.7 Å². The SMILES string of the molecule is CC1(C)C(NC(=O)c2ccc(N3CCN(CCCCCOc4ccc5c(c4)C(=O)N(C4CCC(=O)NC4=O)C5=O)CC3)nn2)C(C)(C)C1Oc1ccc(C#N)c(Cl)c1. The Morgan fingerprint density at radius 3 is 2.31 bits per heavy atom. The predicted molar refractivity (Wildman–Crippen MR) is 213 cm³/mol. The van der Waals surface area contributed by atoms with Crippen molar-refractivity contribution in [2.45, 2.75) is 78.0 Å². The van der Waals surface area contributed by atoms with Crippen LogP contribution >= 0.6 is 11.6 Å². The molecule has 4 heterocycles. The zero-order valence-electron chi connectivity index (χ0n) is 33.0. The second-order valence-electron chi connectivity index (χ2n) is 16.5. The van der Waals surface area contributed by atoms with Gasteiger partial charge in [-0.2, -0.15) is 5.26 Å². The van der Waals surface area contributed by atoms with Crippen LogP contribution in [0.4, 0.5) is 5.82 Å². The van der Waals surface area contributed by atoms with Crippen molar-refractivity contribution in [2.24, 2.45) is 10.8 Å². The zero-order chi connectivity index (χ0) is 41.4. The number of benzene rings is 2. The quantitative estimate of drug-likeness (QED) is 0.184. The van der Waals surface area contributed by atoms with Gasteiger partial charge in [0.05, 0.1) is 28.3 Å². The van der Waals surface area contributed by atoms with E-state index in [1.807, 2.05) is 6.07 Å². The Balaban J connectivity index is 0.807. The van der Waals surface area contributed by atoms with E-state index in [1.54, 1.807) is 42.5 Å². The van der Waals surface area contributed by atoms with Gasteiger partial charge in [-0.3, -0.25) is 39.1 Å². The van der Waals surface area contributed by atoms with E-state index in [0.29, 0.717) is 28.7 Å². The monoisotopic (exact) mass is 810 g/mol. The Labute approximate surface area is 342 Å². The highest BCUT2D eigenvalue weighted by Gasteiger charge is 2.64. The third kappa shape index (κ3) is 7.95. The lowest BCUT2D eigenvalue weighted by atomic mass is 9.49. The fraction of sp³-hybridized carbons (Fsp3) is 0.476. The molecule has 0 bridgehead atoms. The van der Waals surface area contributed by atoms with Crippen molar-refractivity contribution >= 4 is 47.0 Å². The molecular weight excluding hydrogens is 764 g/mol. The second kappa shape index (κ2) is 16.3. The first kappa shape index (κ1) is 40.6. The van der Waals surface area contributed by atoms with Crippen LogP contribution in [-0.4, -0.2) is 107 Å². The highest BCUT2D eigenvalue weighted by atomic mass is 35.5. The van der Waals surface area contributed by atoms with Crippen molar-refractivity contribution in [3.05, 3.63) is 75.9 Å². The molecule has 1 aromatic heterocycles. The van der Waals surface area contributed by atoms with Gasteiger partial charge in [0.25, 0.3) is 17.7 Å². The Bertz CT molecular complexity index is 2150. The number of ether oxygens (including phenoxy) is 2. The van der Waals surface area contributed by atoms with Gasteiger partial charge in [-0.05, 0) is 74.7 Å². The molecule has 304 valence electrons. The van der Waals surface area contributed by atoms with Crippen LogP contribution < -0.4 is 25.0 Å². The van der Waals surface area contributed by atoms with E-state index in [9.17, 15) is 29.2 Å². The summed E-state index contributed by atoms with van der Waals surface area (Å²) in [6.45, 7) is 13.0. The number of hydrogen-bond donors (Lipinski definition) is 2. The van der Waals surface area contributed by atoms with Crippen LogP contribution in [0.3, 0.4) is 0 Å². The number of rotatable bonds is 13. The van der Waals surface area contributed by atoms with E-state index >= 15 is 0 Å². The maximum atomic E-state index is 13.3. The maximum Gasteiger partial charge on any atom is 0.272 e. The minimum Gasteiger partial charge on any atom is -0.494 e. The van der Waals surface area contributed by atoms with Gasteiger partial charge in [0.15, 0.2) is 11.5 Å². The molecule has 3 aliphatic heterocycles. The lowest BCUT2D eigenvalue weighted by molar-refractivity contribution is -0.164. The Hall–Kier alpha value is -5.59. The summed E-state index contributed by atoms with van der Waals surface area (Å²) in [7, 11) is 0. The molecule has 1 atom stereocenters. The molecule has 3 fully saturated rings. The fourth-order valence-electron chi connectivity index (χ4n) is 8.96. The van der Waals surface area contributed by atoms with Crippen LogP contribution in [0.25, 0.3) is 0 Å². The number of amides is 5. The average Bonchev–Trinajstić information content (AvgIpc) is 3.45. The van der Waals surface area contributed by atoms with E-state index < -0.39 is 40.5 Å². The summed E-state index contributed by atoms with van der Waals surface area (Å²) in [5, 5.41) is 23.6. The molecule has 16 heteroatoms. The third-order valence-electron chi connectivity index (χ3n) is 11.8. The number of halogens is 1. The van der Waals surface area contributed by atoms with E-state index in [2.05, 4.69) is 64.4 Å². The van der Waals surface area contributed by atoms with Crippen LogP contribution in [0, 0.1) is 22.2 Å². The first-order valence-electron chi connectivity index (χ1n) is 19.7. The smallest absolute Gasteiger partial charge is 0.272 e. The summed E-state index contributed by atoms with van der Waals surface area (Å²) in [5.74, 6) is -0.655. The number of hydrogen-bond acceptors (Lipinski definition) is 12. The molecular formula is C42H47ClN8O7. The summed E-state index contributed by atoms with van der Waals surface area (Å²) >= 11 is 6.23. The lowest BCUT2D eigenvalue weighted by Crippen LogP contribution is -2.74. The highest BCUT2D eigenvalue weighted by molar-refractivity contribution is 6.31. The lowest BCUT2D eigenvalue weighted by Gasteiger charge is -2.63. The van der Waals surface area contributed by atoms with Crippen LogP contribution in [0.1, 0.15) is 96.6 Å². The maximum absolute atomic E-state index is 13.3. The molecule has 3 aromatic rings. The van der Waals surface area contributed by atoms with Gasteiger partial charge in [0.2, 0.25) is 11.8 Å². The minimum atomic E-state index is -1.00. The van der Waals surface area contributed by atoms with Gasteiger partial charge >= 0.3 is 0 Å². The fourth-order valence-corrected chi connectivity index (χ4v) is 9.17. The number of carbonyl (C=O) groups excluding carboxylic acids is 5. The topological polar surface area (TPSA) is 187 Å². The van der Waals surface area contributed by atoms with Gasteiger partial charge < -0.3 is 19.7 Å². The Kier molecular flexibility index (Phi) is 11.4. The first-order valence-corrected chi connectivity index (χ1v) is 20.0. The van der Waals surface area contributed by atoms with Gasteiger partial charge in [-0.1, -0.05) is 39.3 Å². The largest absolute Gasteiger partial charge is 0.494 e. The minimum absolute atomic E-state index is 0.0700. The normalized spacial score (nSPS) is 22.4. The number of nitriles is 1. The molecule has 2 N–H and O–H groups in total. The van der Waals surface area contributed by atoms with Gasteiger partial charge in [0, 0.05) is 55.5 Å². The second-order valence-corrected chi connectivity index (χ2v) is 16.9. The summed E-state index contributed by atoms with van der Waals surface area (Å²) in [5.41, 5.74) is 0.253. The molecule has 1 saturated carbocycles. The van der Waals surface area contributed by atoms with Crippen molar-refractivity contribution in [3.8, 4) is 17.6 Å². The molecule has 2 saturated heterocycles. The molecule has 1 aliphatic carbocycles. The Morgan fingerprint density at radius 1 is 0.914 bits per heavy atom. The van der Waals surface area contributed by atoms with Gasteiger partial charge in [0.1, 0.15) is 29.7 Å². The van der Waals surface area contributed by atoms with Crippen LogP contribution in [-0.2, 0) is 9.59 Å².